The van der Waals surface area contributed by atoms with Crippen LogP contribution in [0.15, 0.2) is 53.9 Å². The number of hydrazone groups is 1. The summed E-state index contributed by atoms with van der Waals surface area (Å²) in [4.78, 5) is 26.8. The highest BCUT2D eigenvalue weighted by Crippen LogP contribution is 2.22. The van der Waals surface area contributed by atoms with E-state index in [1.807, 2.05) is 24.3 Å². The van der Waals surface area contributed by atoms with Crippen LogP contribution in [0.5, 0.6) is 0 Å². The van der Waals surface area contributed by atoms with Crippen molar-refractivity contribution in [1.82, 2.24) is 10.4 Å². The van der Waals surface area contributed by atoms with Gasteiger partial charge in [-0.3, -0.25) is 9.78 Å². The van der Waals surface area contributed by atoms with Gasteiger partial charge in [0.05, 0.1) is 11.3 Å². The molecule has 6 nitrogen and oxygen atoms in total. The third kappa shape index (κ3) is 5.51. The van der Waals surface area contributed by atoms with E-state index in [1.165, 1.54) is 6.20 Å². The van der Waals surface area contributed by atoms with Crippen LogP contribution in [-0.2, 0) is 10.2 Å². The van der Waals surface area contributed by atoms with Gasteiger partial charge in [-0.15, -0.1) is 0 Å². The van der Waals surface area contributed by atoms with E-state index in [9.17, 15) is 14.7 Å². The number of carbonyl (C=O) groups excluding carboxylic acids is 2. The Morgan fingerprint density at radius 3 is 2.31 bits per heavy atom. The molecule has 26 heavy (non-hydrogen) atoms. The van der Waals surface area contributed by atoms with Crippen LogP contribution in [0.4, 0.5) is 0 Å². The van der Waals surface area contributed by atoms with Gasteiger partial charge in [0.15, 0.2) is 0 Å². The van der Waals surface area contributed by atoms with Gasteiger partial charge in [0, 0.05) is 18.4 Å². The highest BCUT2D eigenvalue weighted by Gasteiger charge is 2.14. The maximum absolute atomic E-state index is 12.1. The molecule has 0 unspecified atom stereocenters. The molecule has 136 valence electrons. The van der Waals surface area contributed by atoms with Gasteiger partial charge in [-0.1, -0.05) is 45.0 Å². The molecule has 1 heterocycles. The summed E-state index contributed by atoms with van der Waals surface area (Å²) in [6.45, 7) is 6.34. The van der Waals surface area contributed by atoms with Crippen molar-refractivity contribution in [3.8, 4) is 0 Å². The van der Waals surface area contributed by atoms with Gasteiger partial charge in [0.25, 0.3) is 5.91 Å². The lowest BCUT2D eigenvalue weighted by Gasteiger charge is -2.19. The fraction of sp³-hybridized carbons (Fsp3) is 0.300. The smallest absolute Gasteiger partial charge is 0.272 e. The maximum Gasteiger partial charge on any atom is 0.272 e. The topological polar surface area (TPSA) is 94.5 Å². The van der Waals surface area contributed by atoms with Crippen molar-refractivity contribution in [2.75, 3.05) is 0 Å². The first-order chi connectivity index (χ1) is 12.3. The van der Waals surface area contributed by atoms with Gasteiger partial charge in [-0.2, -0.15) is 5.10 Å². The van der Waals surface area contributed by atoms with Crippen molar-refractivity contribution in [2.45, 2.75) is 39.0 Å². The standard InChI is InChI=1S/C20H23N3O3/c1-20(2,3)16-8-6-14(7-9-16)17(10-11-18(24)25)22-23-19(26)15-5-4-12-21-13-15/h4-9,12-13H,10-11H2,1-3H3,(H,23,26)(H,24,25)/p-1/b22-17-. The minimum Gasteiger partial charge on any atom is -0.550 e. The van der Waals surface area contributed by atoms with Gasteiger partial charge in [0.1, 0.15) is 0 Å². The van der Waals surface area contributed by atoms with Crippen molar-refractivity contribution >= 4 is 17.6 Å². The Kier molecular flexibility index (Phi) is 6.22. The lowest BCUT2D eigenvalue weighted by molar-refractivity contribution is -0.305. The molecule has 0 aliphatic carbocycles. The van der Waals surface area contributed by atoms with Crippen LogP contribution < -0.4 is 10.5 Å². The Bertz CT molecular complexity index is 791. The van der Waals surface area contributed by atoms with Crippen molar-refractivity contribution < 1.29 is 14.7 Å². The summed E-state index contributed by atoms with van der Waals surface area (Å²) >= 11 is 0. The maximum atomic E-state index is 12.1. The van der Waals surface area contributed by atoms with Crippen molar-refractivity contribution in [2.24, 2.45) is 5.10 Å². The van der Waals surface area contributed by atoms with Gasteiger partial charge in [0.2, 0.25) is 0 Å². The number of aromatic nitrogens is 1. The zero-order valence-electron chi connectivity index (χ0n) is 15.2. The Morgan fingerprint density at radius 2 is 1.77 bits per heavy atom. The third-order valence-corrected chi connectivity index (χ3v) is 3.87. The first-order valence-corrected chi connectivity index (χ1v) is 8.35. The van der Waals surface area contributed by atoms with Gasteiger partial charge >= 0.3 is 0 Å². The number of rotatable bonds is 6. The summed E-state index contributed by atoms with van der Waals surface area (Å²) in [6, 6.07) is 11.0. The molecular formula is C20H22N3O3-. The lowest BCUT2D eigenvalue weighted by Crippen LogP contribution is -2.24. The number of benzene rings is 1. The number of carboxylic acid groups (broad SMARTS) is 1. The normalized spacial score (nSPS) is 11.9. The molecule has 0 atom stereocenters. The summed E-state index contributed by atoms with van der Waals surface area (Å²) in [5, 5.41) is 15.0. The number of pyridine rings is 1. The Balaban J connectivity index is 2.22. The molecule has 0 saturated carbocycles. The number of hydrogen-bond donors (Lipinski definition) is 1. The minimum absolute atomic E-state index is 0.00927. The highest BCUT2D eigenvalue weighted by atomic mass is 16.4. The molecular weight excluding hydrogens is 330 g/mol. The fourth-order valence-corrected chi connectivity index (χ4v) is 2.33. The second kappa shape index (κ2) is 8.38. The van der Waals surface area contributed by atoms with Gasteiger partial charge < -0.3 is 9.90 Å². The minimum atomic E-state index is -1.16. The zero-order valence-corrected chi connectivity index (χ0v) is 15.2. The Morgan fingerprint density at radius 1 is 1.08 bits per heavy atom. The van der Waals surface area contributed by atoms with E-state index in [0.29, 0.717) is 11.3 Å². The molecule has 0 fully saturated rings. The molecule has 0 bridgehead atoms. The van der Waals surface area contributed by atoms with E-state index in [-0.39, 0.29) is 18.3 Å². The Labute approximate surface area is 153 Å². The summed E-state index contributed by atoms with van der Waals surface area (Å²) in [5.74, 6) is -1.57. The highest BCUT2D eigenvalue weighted by molar-refractivity contribution is 6.03. The number of amides is 1. The zero-order chi connectivity index (χ0) is 19.2. The number of carbonyl (C=O) groups is 2. The molecule has 0 saturated heterocycles. The summed E-state index contributed by atoms with van der Waals surface area (Å²) in [6.07, 6.45) is 2.99. The second-order valence-corrected chi connectivity index (χ2v) is 6.94. The van der Waals surface area contributed by atoms with Crippen molar-refractivity contribution in [3.63, 3.8) is 0 Å². The number of carboxylic acids is 1. The van der Waals surface area contributed by atoms with Crippen LogP contribution in [0.1, 0.15) is 55.1 Å². The van der Waals surface area contributed by atoms with Crippen LogP contribution in [0, 0.1) is 0 Å². The van der Waals surface area contributed by atoms with Gasteiger partial charge in [-0.05, 0) is 41.5 Å². The van der Waals surface area contributed by atoms with Crippen molar-refractivity contribution in [3.05, 3.63) is 65.5 Å². The average molecular weight is 352 g/mol. The van der Waals surface area contributed by atoms with E-state index in [1.54, 1.807) is 18.3 Å². The van der Waals surface area contributed by atoms with Gasteiger partial charge in [-0.25, -0.2) is 5.43 Å². The van der Waals surface area contributed by atoms with E-state index in [4.69, 9.17) is 0 Å². The number of nitrogens with zero attached hydrogens (tertiary/aromatic N) is 2. The van der Waals surface area contributed by atoms with E-state index < -0.39 is 11.9 Å². The molecule has 0 radical (unpaired) electrons. The molecule has 6 heteroatoms. The van der Waals surface area contributed by atoms with Crippen LogP contribution in [-0.4, -0.2) is 22.6 Å². The van der Waals surface area contributed by atoms with Crippen molar-refractivity contribution in [1.29, 1.82) is 0 Å². The van der Waals surface area contributed by atoms with E-state index in [0.717, 1.165) is 11.1 Å². The molecule has 2 aromatic rings. The van der Waals surface area contributed by atoms with Crippen LogP contribution in [0.25, 0.3) is 0 Å². The van der Waals surface area contributed by atoms with E-state index >= 15 is 0 Å². The molecule has 1 amide bonds. The Hall–Kier alpha value is -3.02. The molecule has 1 aromatic carbocycles. The fourth-order valence-electron chi connectivity index (χ4n) is 2.33. The predicted molar refractivity (Wildman–Crippen MR) is 97.6 cm³/mol. The molecule has 0 aliphatic heterocycles. The quantitative estimate of drug-likeness (QED) is 0.636. The van der Waals surface area contributed by atoms with E-state index in [2.05, 4.69) is 36.3 Å². The predicted octanol–water partition coefficient (Wildman–Crippen LogP) is 2.04. The van der Waals surface area contributed by atoms with Crippen LogP contribution >= 0.6 is 0 Å². The number of nitrogens with one attached hydrogen (secondary N) is 1. The van der Waals surface area contributed by atoms with Crippen LogP contribution in [0.2, 0.25) is 0 Å². The number of aliphatic carboxylic acids is 1. The number of hydrogen-bond acceptors (Lipinski definition) is 5. The first kappa shape index (κ1) is 19.3. The SMILES string of the molecule is CC(C)(C)c1ccc(/C(CCC(=O)[O-])=N\NC(=O)c2cccnc2)cc1. The summed E-state index contributed by atoms with van der Waals surface area (Å²) in [7, 11) is 0. The average Bonchev–Trinajstić information content (AvgIpc) is 2.61. The molecule has 1 N–H and O–H groups in total. The van der Waals surface area contributed by atoms with Crippen LogP contribution in [0.3, 0.4) is 0 Å². The molecule has 1 aromatic heterocycles. The summed E-state index contributed by atoms with van der Waals surface area (Å²) < 4.78 is 0. The molecule has 2 rings (SSSR count). The molecule has 0 spiro atoms. The largest absolute Gasteiger partial charge is 0.550 e. The third-order valence-electron chi connectivity index (χ3n) is 3.87. The molecule has 0 aliphatic rings. The monoisotopic (exact) mass is 352 g/mol. The lowest BCUT2D eigenvalue weighted by atomic mass is 9.86. The summed E-state index contributed by atoms with van der Waals surface area (Å²) in [5.41, 5.74) is 5.23. The first-order valence-electron chi connectivity index (χ1n) is 8.35. The second-order valence-electron chi connectivity index (χ2n) is 6.94.